The van der Waals surface area contributed by atoms with Gasteiger partial charge in [0.05, 0.1) is 24.5 Å². The van der Waals surface area contributed by atoms with E-state index in [9.17, 15) is 5.11 Å². The van der Waals surface area contributed by atoms with Gasteiger partial charge in [-0.05, 0) is 38.3 Å². The molecule has 1 aliphatic heterocycles. The van der Waals surface area contributed by atoms with Crippen molar-refractivity contribution in [2.24, 2.45) is 4.99 Å². The maximum absolute atomic E-state index is 9.61. The number of aliphatic imine (C=N–C) groups is 1. The van der Waals surface area contributed by atoms with Gasteiger partial charge in [-0.15, -0.1) is 0 Å². The van der Waals surface area contributed by atoms with E-state index >= 15 is 0 Å². The van der Waals surface area contributed by atoms with Crippen LogP contribution >= 0.6 is 0 Å². The summed E-state index contributed by atoms with van der Waals surface area (Å²) in [6, 6.07) is 10.2. The smallest absolute Gasteiger partial charge is 0.194 e. The first-order valence-electron chi connectivity index (χ1n) is 10.6. The standard InChI is InChI=1S/C22H34N6O/c1-3-23-22(24-12-7-13-28-14-10-19(29)11-15-28)27(2)17-21-25-16-20(26-21)18-8-5-4-6-9-18/h4-6,8-9,16,19,29H,3,7,10-15,17H2,1-2H3,(H,23,24)(H,25,26). The number of nitrogens with one attached hydrogen (secondary N) is 2. The lowest BCUT2D eigenvalue weighted by molar-refractivity contribution is 0.0824. The second-order valence-electron chi connectivity index (χ2n) is 7.63. The van der Waals surface area contributed by atoms with E-state index in [-0.39, 0.29) is 6.10 Å². The van der Waals surface area contributed by atoms with Gasteiger partial charge < -0.3 is 25.2 Å². The Kier molecular flexibility index (Phi) is 8.07. The summed E-state index contributed by atoms with van der Waals surface area (Å²) in [5.41, 5.74) is 2.17. The second-order valence-corrected chi connectivity index (χ2v) is 7.63. The lowest BCUT2D eigenvalue weighted by Gasteiger charge is -2.29. The number of rotatable bonds is 8. The maximum atomic E-state index is 9.61. The molecule has 29 heavy (non-hydrogen) atoms. The third kappa shape index (κ3) is 6.58. The fourth-order valence-corrected chi connectivity index (χ4v) is 3.60. The Labute approximate surface area is 173 Å². The number of piperidine rings is 1. The predicted molar refractivity (Wildman–Crippen MR) is 118 cm³/mol. The van der Waals surface area contributed by atoms with Crippen LogP contribution in [0.5, 0.6) is 0 Å². The van der Waals surface area contributed by atoms with Crippen LogP contribution in [0, 0.1) is 0 Å². The molecule has 1 aliphatic rings. The van der Waals surface area contributed by atoms with Crippen molar-refractivity contribution in [3.8, 4) is 11.3 Å². The number of aromatic amines is 1. The molecule has 3 N–H and O–H groups in total. The molecule has 0 radical (unpaired) electrons. The molecule has 3 rings (SSSR count). The molecule has 2 aromatic rings. The van der Waals surface area contributed by atoms with Gasteiger partial charge >= 0.3 is 0 Å². The quantitative estimate of drug-likeness (QED) is 0.361. The number of nitrogens with zero attached hydrogens (tertiary/aromatic N) is 4. The van der Waals surface area contributed by atoms with Crippen LogP contribution in [0.3, 0.4) is 0 Å². The summed E-state index contributed by atoms with van der Waals surface area (Å²) >= 11 is 0. The van der Waals surface area contributed by atoms with Gasteiger partial charge in [-0.2, -0.15) is 0 Å². The van der Waals surface area contributed by atoms with Gasteiger partial charge in [-0.3, -0.25) is 4.99 Å². The van der Waals surface area contributed by atoms with Crippen LogP contribution in [0.1, 0.15) is 32.0 Å². The Morgan fingerprint density at radius 2 is 2.07 bits per heavy atom. The molecule has 1 fully saturated rings. The van der Waals surface area contributed by atoms with Crippen LogP contribution in [0.2, 0.25) is 0 Å². The molecule has 0 aliphatic carbocycles. The van der Waals surface area contributed by atoms with Gasteiger partial charge in [-0.25, -0.2) is 4.98 Å². The fourth-order valence-electron chi connectivity index (χ4n) is 3.60. The van der Waals surface area contributed by atoms with E-state index in [2.05, 4.69) is 44.1 Å². The van der Waals surface area contributed by atoms with Gasteiger partial charge in [-0.1, -0.05) is 30.3 Å². The van der Waals surface area contributed by atoms with Crippen LogP contribution in [-0.4, -0.2) is 76.7 Å². The van der Waals surface area contributed by atoms with Crippen LogP contribution in [0.25, 0.3) is 11.3 Å². The highest BCUT2D eigenvalue weighted by Gasteiger charge is 2.16. The topological polar surface area (TPSA) is 79.8 Å². The van der Waals surface area contributed by atoms with E-state index in [1.807, 2.05) is 31.4 Å². The summed E-state index contributed by atoms with van der Waals surface area (Å²) in [6.07, 6.45) is 4.59. The molecule has 1 aromatic carbocycles. The van der Waals surface area contributed by atoms with E-state index in [0.717, 1.165) is 75.0 Å². The lowest BCUT2D eigenvalue weighted by atomic mass is 10.1. The first-order valence-corrected chi connectivity index (χ1v) is 10.6. The van der Waals surface area contributed by atoms with Gasteiger partial charge in [0.2, 0.25) is 0 Å². The highest BCUT2D eigenvalue weighted by atomic mass is 16.3. The normalized spacial score (nSPS) is 16.2. The van der Waals surface area contributed by atoms with Crippen molar-refractivity contribution in [2.75, 3.05) is 39.8 Å². The van der Waals surface area contributed by atoms with Gasteiger partial charge in [0.1, 0.15) is 5.82 Å². The molecule has 1 saturated heterocycles. The molecule has 7 nitrogen and oxygen atoms in total. The average Bonchev–Trinajstić information content (AvgIpc) is 3.20. The van der Waals surface area contributed by atoms with E-state index in [4.69, 9.17) is 4.99 Å². The number of aliphatic hydroxyl groups excluding tert-OH is 1. The Bertz CT molecular complexity index is 752. The van der Waals surface area contributed by atoms with Crippen LogP contribution in [0.15, 0.2) is 41.5 Å². The maximum Gasteiger partial charge on any atom is 0.194 e. The minimum atomic E-state index is -0.109. The highest BCUT2D eigenvalue weighted by Crippen LogP contribution is 2.16. The number of imidazole rings is 1. The molecule has 0 bridgehead atoms. The van der Waals surface area contributed by atoms with E-state index < -0.39 is 0 Å². The zero-order valence-corrected chi connectivity index (χ0v) is 17.6. The first kappa shape index (κ1) is 21.3. The third-order valence-corrected chi connectivity index (χ3v) is 5.25. The van der Waals surface area contributed by atoms with Crippen molar-refractivity contribution < 1.29 is 5.11 Å². The van der Waals surface area contributed by atoms with Gasteiger partial charge in [0.25, 0.3) is 0 Å². The summed E-state index contributed by atoms with van der Waals surface area (Å²) in [5.74, 6) is 1.82. The van der Waals surface area contributed by atoms with Crippen molar-refractivity contribution >= 4 is 5.96 Å². The number of likely N-dealkylation sites (tertiary alicyclic amines) is 1. The molecule has 2 heterocycles. The third-order valence-electron chi connectivity index (χ3n) is 5.25. The zero-order chi connectivity index (χ0) is 20.5. The first-order chi connectivity index (χ1) is 14.2. The Hall–Kier alpha value is -2.38. The van der Waals surface area contributed by atoms with E-state index in [1.54, 1.807) is 0 Å². The number of hydrogen-bond acceptors (Lipinski definition) is 4. The van der Waals surface area contributed by atoms with Crippen LogP contribution in [-0.2, 0) is 6.54 Å². The molecule has 0 atom stereocenters. The highest BCUT2D eigenvalue weighted by molar-refractivity contribution is 5.79. The van der Waals surface area contributed by atoms with Crippen LogP contribution in [0.4, 0.5) is 0 Å². The van der Waals surface area contributed by atoms with Crippen molar-refractivity contribution in [2.45, 2.75) is 38.8 Å². The van der Waals surface area contributed by atoms with Crippen molar-refractivity contribution in [1.82, 2.24) is 25.1 Å². The van der Waals surface area contributed by atoms with E-state index in [0.29, 0.717) is 6.54 Å². The van der Waals surface area contributed by atoms with Crippen molar-refractivity contribution in [1.29, 1.82) is 0 Å². The molecule has 158 valence electrons. The Balaban J connectivity index is 1.50. The number of guanidine groups is 1. The monoisotopic (exact) mass is 398 g/mol. The number of hydrogen-bond donors (Lipinski definition) is 3. The Morgan fingerprint density at radius 3 is 2.79 bits per heavy atom. The summed E-state index contributed by atoms with van der Waals surface area (Å²) in [4.78, 5) is 17.3. The summed E-state index contributed by atoms with van der Waals surface area (Å²) in [5, 5.41) is 13.0. The number of H-pyrrole nitrogens is 1. The molecule has 0 spiro atoms. The number of aromatic nitrogens is 2. The van der Waals surface area contributed by atoms with Gasteiger partial charge in [0, 0.05) is 33.2 Å². The average molecular weight is 399 g/mol. The predicted octanol–water partition coefficient (Wildman–Crippen LogP) is 2.32. The molecule has 0 saturated carbocycles. The summed E-state index contributed by atoms with van der Waals surface area (Å²) in [7, 11) is 2.04. The zero-order valence-electron chi connectivity index (χ0n) is 17.6. The fraction of sp³-hybridized carbons (Fsp3) is 0.545. The molecule has 1 aromatic heterocycles. The molecular weight excluding hydrogens is 364 g/mol. The Morgan fingerprint density at radius 1 is 1.31 bits per heavy atom. The minimum absolute atomic E-state index is 0.109. The van der Waals surface area contributed by atoms with Gasteiger partial charge in [0.15, 0.2) is 5.96 Å². The largest absolute Gasteiger partial charge is 0.393 e. The second kappa shape index (κ2) is 11.0. The van der Waals surface area contributed by atoms with Crippen molar-refractivity contribution in [3.05, 3.63) is 42.4 Å². The number of benzene rings is 1. The lowest BCUT2D eigenvalue weighted by Crippen LogP contribution is -2.39. The summed E-state index contributed by atoms with van der Waals surface area (Å²) in [6.45, 7) is 7.41. The van der Waals surface area contributed by atoms with Crippen molar-refractivity contribution in [3.63, 3.8) is 0 Å². The van der Waals surface area contributed by atoms with E-state index in [1.165, 1.54) is 0 Å². The SMILES string of the molecule is CCNC(=NCCCN1CCC(O)CC1)N(C)Cc1ncc(-c2ccccc2)[nH]1. The number of aliphatic hydroxyl groups is 1. The molecule has 7 heteroatoms. The molecular formula is C22H34N6O. The molecule has 0 unspecified atom stereocenters. The summed E-state index contributed by atoms with van der Waals surface area (Å²) < 4.78 is 0. The molecule has 0 amide bonds. The van der Waals surface area contributed by atoms with Crippen LogP contribution < -0.4 is 5.32 Å². The minimum Gasteiger partial charge on any atom is -0.393 e.